The average Bonchev–Trinajstić information content (AvgIpc) is 2.92. The standard InChI is InChI=1S/C16H14N2O/c1-11-6-5-9-13(15(11)17)16-18-10-14(19-16)12-7-3-2-4-8-12/h2-10H,17H2,1H3. The lowest BCUT2D eigenvalue weighted by Crippen LogP contribution is -1.93. The van der Waals surface area contributed by atoms with Gasteiger partial charge in [-0.05, 0) is 18.6 Å². The number of hydrogen-bond donors (Lipinski definition) is 1. The maximum absolute atomic E-state index is 6.06. The van der Waals surface area contributed by atoms with Crippen LogP contribution in [0.25, 0.3) is 22.8 Å². The molecule has 0 aliphatic rings. The van der Waals surface area contributed by atoms with E-state index in [4.69, 9.17) is 10.2 Å². The monoisotopic (exact) mass is 250 g/mol. The zero-order chi connectivity index (χ0) is 13.2. The summed E-state index contributed by atoms with van der Waals surface area (Å²) in [5, 5.41) is 0. The molecule has 0 amide bonds. The van der Waals surface area contributed by atoms with Crippen LogP contribution in [0.1, 0.15) is 5.56 Å². The van der Waals surface area contributed by atoms with Gasteiger partial charge < -0.3 is 10.2 Å². The van der Waals surface area contributed by atoms with Gasteiger partial charge in [-0.3, -0.25) is 0 Å². The average molecular weight is 250 g/mol. The molecule has 0 spiro atoms. The minimum absolute atomic E-state index is 0.556. The smallest absolute Gasteiger partial charge is 0.228 e. The van der Waals surface area contributed by atoms with E-state index in [0.29, 0.717) is 11.6 Å². The number of aryl methyl sites for hydroxylation is 1. The van der Waals surface area contributed by atoms with Gasteiger partial charge >= 0.3 is 0 Å². The van der Waals surface area contributed by atoms with Gasteiger partial charge in [-0.1, -0.05) is 42.5 Å². The molecule has 0 fully saturated rings. The maximum atomic E-state index is 6.06. The van der Waals surface area contributed by atoms with Crippen LogP contribution in [0.3, 0.4) is 0 Å². The van der Waals surface area contributed by atoms with Crippen molar-refractivity contribution < 1.29 is 4.42 Å². The van der Waals surface area contributed by atoms with Crippen molar-refractivity contribution >= 4 is 5.69 Å². The summed E-state index contributed by atoms with van der Waals surface area (Å²) in [5.74, 6) is 1.30. The Labute approximate surface area is 111 Å². The van der Waals surface area contributed by atoms with Crippen molar-refractivity contribution in [3.8, 4) is 22.8 Å². The summed E-state index contributed by atoms with van der Waals surface area (Å²) in [5.41, 5.74) is 9.64. The number of oxazole rings is 1. The molecular weight excluding hydrogens is 236 g/mol. The first-order valence-electron chi connectivity index (χ1n) is 6.12. The number of nitrogens with zero attached hydrogens (tertiary/aromatic N) is 1. The molecule has 3 aromatic rings. The molecule has 2 aromatic carbocycles. The molecule has 3 nitrogen and oxygen atoms in total. The highest BCUT2D eigenvalue weighted by molar-refractivity contribution is 5.74. The largest absolute Gasteiger partial charge is 0.436 e. The molecule has 0 unspecified atom stereocenters. The van der Waals surface area contributed by atoms with Gasteiger partial charge in [-0.15, -0.1) is 0 Å². The molecule has 0 saturated carbocycles. The second kappa shape index (κ2) is 4.61. The number of aromatic nitrogens is 1. The Morgan fingerprint density at radius 2 is 1.79 bits per heavy atom. The number of hydrogen-bond acceptors (Lipinski definition) is 3. The first-order valence-corrected chi connectivity index (χ1v) is 6.12. The van der Waals surface area contributed by atoms with E-state index in [1.807, 2.05) is 55.5 Å². The summed E-state index contributed by atoms with van der Waals surface area (Å²) in [6, 6.07) is 15.7. The van der Waals surface area contributed by atoms with E-state index in [2.05, 4.69) is 4.98 Å². The van der Waals surface area contributed by atoms with E-state index >= 15 is 0 Å². The van der Waals surface area contributed by atoms with E-state index in [1.54, 1.807) is 6.20 Å². The number of rotatable bonds is 2. The highest BCUT2D eigenvalue weighted by Gasteiger charge is 2.11. The molecule has 1 heterocycles. The van der Waals surface area contributed by atoms with Crippen LogP contribution in [0.15, 0.2) is 59.1 Å². The molecule has 0 aliphatic heterocycles. The highest BCUT2D eigenvalue weighted by atomic mass is 16.4. The van der Waals surface area contributed by atoms with Crippen LogP contribution < -0.4 is 5.73 Å². The van der Waals surface area contributed by atoms with E-state index in [-0.39, 0.29) is 0 Å². The SMILES string of the molecule is Cc1cccc(-c2ncc(-c3ccccc3)o2)c1N. The van der Waals surface area contributed by atoms with Crippen molar-refractivity contribution in [1.29, 1.82) is 0 Å². The fourth-order valence-electron chi connectivity index (χ4n) is 2.00. The van der Waals surface area contributed by atoms with Gasteiger partial charge in [0.2, 0.25) is 5.89 Å². The topological polar surface area (TPSA) is 52.0 Å². The molecule has 94 valence electrons. The van der Waals surface area contributed by atoms with Gasteiger partial charge in [-0.25, -0.2) is 4.98 Å². The molecule has 0 radical (unpaired) electrons. The third-order valence-electron chi connectivity index (χ3n) is 3.12. The summed E-state index contributed by atoms with van der Waals surface area (Å²) >= 11 is 0. The van der Waals surface area contributed by atoms with E-state index < -0.39 is 0 Å². The van der Waals surface area contributed by atoms with E-state index in [0.717, 1.165) is 22.5 Å². The Morgan fingerprint density at radius 3 is 2.58 bits per heavy atom. The summed E-state index contributed by atoms with van der Waals surface area (Å²) in [6.45, 7) is 1.97. The Balaban J connectivity index is 2.05. The number of para-hydroxylation sites is 1. The Hall–Kier alpha value is -2.55. The second-order valence-electron chi connectivity index (χ2n) is 4.43. The van der Waals surface area contributed by atoms with E-state index in [9.17, 15) is 0 Å². The number of nitrogen functional groups attached to an aromatic ring is 1. The normalized spacial score (nSPS) is 10.6. The molecule has 0 saturated heterocycles. The zero-order valence-electron chi connectivity index (χ0n) is 10.6. The third kappa shape index (κ3) is 2.10. The molecule has 0 atom stereocenters. The predicted octanol–water partition coefficient (Wildman–Crippen LogP) is 3.90. The van der Waals surface area contributed by atoms with Gasteiger partial charge in [0.1, 0.15) is 0 Å². The van der Waals surface area contributed by atoms with Crippen molar-refractivity contribution in [2.24, 2.45) is 0 Å². The van der Waals surface area contributed by atoms with Crippen molar-refractivity contribution in [3.63, 3.8) is 0 Å². The minimum atomic E-state index is 0.556. The molecule has 0 aliphatic carbocycles. The lowest BCUT2D eigenvalue weighted by Gasteiger charge is -2.04. The van der Waals surface area contributed by atoms with Crippen LogP contribution in [0.2, 0.25) is 0 Å². The van der Waals surface area contributed by atoms with Gasteiger partial charge in [0.05, 0.1) is 11.8 Å². The first-order chi connectivity index (χ1) is 9.25. The second-order valence-corrected chi connectivity index (χ2v) is 4.43. The van der Waals surface area contributed by atoms with Crippen molar-refractivity contribution in [1.82, 2.24) is 4.98 Å². The van der Waals surface area contributed by atoms with Crippen LogP contribution in [0, 0.1) is 6.92 Å². The molecule has 0 bridgehead atoms. The number of nitrogens with two attached hydrogens (primary N) is 1. The lowest BCUT2D eigenvalue weighted by atomic mass is 10.1. The van der Waals surface area contributed by atoms with Gasteiger partial charge in [0.25, 0.3) is 0 Å². The van der Waals surface area contributed by atoms with Crippen LogP contribution >= 0.6 is 0 Å². The molecule has 2 N–H and O–H groups in total. The molecule has 19 heavy (non-hydrogen) atoms. The summed E-state index contributed by atoms with van der Waals surface area (Å²) in [7, 11) is 0. The minimum Gasteiger partial charge on any atom is -0.436 e. The van der Waals surface area contributed by atoms with E-state index in [1.165, 1.54) is 0 Å². The van der Waals surface area contributed by atoms with Gasteiger partial charge in [0.15, 0.2) is 5.76 Å². The number of benzene rings is 2. The fraction of sp³-hybridized carbons (Fsp3) is 0.0625. The van der Waals surface area contributed by atoms with Crippen LogP contribution in [0.5, 0.6) is 0 Å². The highest BCUT2D eigenvalue weighted by Crippen LogP contribution is 2.30. The molecule has 1 aromatic heterocycles. The third-order valence-corrected chi connectivity index (χ3v) is 3.12. The Bertz CT molecular complexity index is 702. The Morgan fingerprint density at radius 1 is 1.00 bits per heavy atom. The summed E-state index contributed by atoms with van der Waals surface area (Å²) in [6.07, 6.45) is 1.73. The van der Waals surface area contributed by atoms with Crippen LogP contribution in [0.4, 0.5) is 5.69 Å². The van der Waals surface area contributed by atoms with Crippen molar-refractivity contribution in [3.05, 3.63) is 60.3 Å². The molecule has 3 rings (SSSR count). The zero-order valence-corrected chi connectivity index (χ0v) is 10.6. The lowest BCUT2D eigenvalue weighted by molar-refractivity contribution is 0.589. The van der Waals surface area contributed by atoms with Crippen molar-refractivity contribution in [2.45, 2.75) is 6.92 Å². The summed E-state index contributed by atoms with van der Waals surface area (Å²) < 4.78 is 5.80. The quantitative estimate of drug-likeness (QED) is 0.702. The van der Waals surface area contributed by atoms with Gasteiger partial charge in [0, 0.05) is 11.3 Å². The van der Waals surface area contributed by atoms with Crippen LogP contribution in [-0.2, 0) is 0 Å². The number of anilines is 1. The maximum Gasteiger partial charge on any atom is 0.228 e. The fourth-order valence-corrected chi connectivity index (χ4v) is 2.00. The molecule has 3 heteroatoms. The Kier molecular flexibility index (Phi) is 2.80. The van der Waals surface area contributed by atoms with Crippen molar-refractivity contribution in [2.75, 3.05) is 5.73 Å². The van der Waals surface area contributed by atoms with Crippen LogP contribution in [-0.4, -0.2) is 4.98 Å². The molecular formula is C16H14N2O. The van der Waals surface area contributed by atoms with Gasteiger partial charge in [-0.2, -0.15) is 0 Å². The summed E-state index contributed by atoms with van der Waals surface area (Å²) in [4.78, 5) is 4.32. The first kappa shape index (κ1) is 11.5. The predicted molar refractivity (Wildman–Crippen MR) is 76.5 cm³/mol.